The first-order valence-electron chi connectivity index (χ1n) is 12.6. The molecule has 3 aromatic rings. The third kappa shape index (κ3) is 7.62. The van der Waals surface area contributed by atoms with Crippen LogP contribution in [0.3, 0.4) is 0 Å². The van der Waals surface area contributed by atoms with Crippen LogP contribution in [-0.2, 0) is 4.74 Å². The van der Waals surface area contributed by atoms with Crippen LogP contribution in [0.4, 0.5) is 21.1 Å². The first-order valence-corrected chi connectivity index (χ1v) is 12.6. The van der Waals surface area contributed by atoms with Crippen LogP contribution >= 0.6 is 0 Å². The van der Waals surface area contributed by atoms with Gasteiger partial charge in [-0.1, -0.05) is 0 Å². The fraction of sp³-hybridized carbons (Fsp3) is 0.370. The molecule has 12 heteroatoms. The number of nitrogens with zero attached hydrogens (tertiary/aromatic N) is 4. The lowest BCUT2D eigenvalue weighted by Crippen LogP contribution is -2.45. The van der Waals surface area contributed by atoms with Gasteiger partial charge in [-0.2, -0.15) is 0 Å². The summed E-state index contributed by atoms with van der Waals surface area (Å²) in [6.07, 6.45) is 3.46. The highest BCUT2D eigenvalue weighted by molar-refractivity contribution is 5.90. The van der Waals surface area contributed by atoms with E-state index < -0.39 is 6.09 Å². The lowest BCUT2D eigenvalue weighted by Gasteiger charge is -2.36. The number of aromatic nitrogens is 3. The molecule has 0 unspecified atom stereocenters. The molecular formula is C27H33N7O5. The van der Waals surface area contributed by atoms with Crippen LogP contribution in [0.2, 0.25) is 0 Å². The fourth-order valence-electron chi connectivity index (χ4n) is 4.32. The average Bonchev–Trinajstić information content (AvgIpc) is 2.91. The van der Waals surface area contributed by atoms with Gasteiger partial charge in [-0.3, -0.25) is 10.3 Å². The molecule has 1 saturated heterocycles. The maximum absolute atomic E-state index is 12.5. The number of urea groups is 1. The second-order valence-corrected chi connectivity index (χ2v) is 9.31. The van der Waals surface area contributed by atoms with Gasteiger partial charge in [0.05, 0.1) is 31.3 Å². The molecule has 0 bridgehead atoms. The molecule has 1 fully saturated rings. The number of carbonyl (C=O) groups is 2. The molecule has 0 atom stereocenters. The molecule has 4 N–H and O–H groups in total. The highest BCUT2D eigenvalue weighted by Crippen LogP contribution is 2.32. The Morgan fingerprint density at radius 2 is 1.95 bits per heavy atom. The Balaban J connectivity index is 1.56. The van der Waals surface area contributed by atoms with E-state index in [1.54, 1.807) is 30.6 Å². The molecule has 4 heterocycles. The average molecular weight is 536 g/mol. The molecule has 1 aliphatic rings. The van der Waals surface area contributed by atoms with E-state index in [1.807, 2.05) is 19.1 Å². The minimum atomic E-state index is -0.640. The van der Waals surface area contributed by atoms with Gasteiger partial charge in [-0.15, -0.1) is 0 Å². The van der Waals surface area contributed by atoms with Gasteiger partial charge in [0, 0.05) is 48.7 Å². The summed E-state index contributed by atoms with van der Waals surface area (Å²) in [5.74, 6) is 1.22. The molecule has 39 heavy (non-hydrogen) atoms. The number of methoxy groups -OCH3 is 1. The predicted molar refractivity (Wildman–Crippen MR) is 147 cm³/mol. The monoisotopic (exact) mass is 535 g/mol. The minimum Gasteiger partial charge on any atom is -0.475 e. The first kappa shape index (κ1) is 27.7. The van der Waals surface area contributed by atoms with Gasteiger partial charge in [0.25, 0.3) is 0 Å². The van der Waals surface area contributed by atoms with Gasteiger partial charge in [-0.05, 0) is 56.1 Å². The van der Waals surface area contributed by atoms with Gasteiger partial charge in [-0.25, -0.2) is 19.6 Å². The predicted octanol–water partition coefficient (Wildman–Crippen LogP) is 3.14. The summed E-state index contributed by atoms with van der Waals surface area (Å²) in [5, 5.41) is 17.6. The second kappa shape index (κ2) is 13.0. The van der Waals surface area contributed by atoms with E-state index in [0.717, 1.165) is 36.3 Å². The molecule has 1 aliphatic heterocycles. The lowest BCUT2D eigenvalue weighted by atomic mass is 9.97. The number of aliphatic hydroxyl groups is 1. The number of hydrogen-bond acceptors (Lipinski definition) is 9. The third-order valence-corrected chi connectivity index (χ3v) is 6.25. The third-order valence-electron chi connectivity index (χ3n) is 6.25. The molecule has 4 rings (SSSR count). The summed E-state index contributed by atoms with van der Waals surface area (Å²) in [6, 6.07) is 8.57. The number of anilines is 2. The van der Waals surface area contributed by atoms with Crippen LogP contribution in [0.1, 0.15) is 12.1 Å². The van der Waals surface area contributed by atoms with Crippen molar-refractivity contribution >= 4 is 23.6 Å². The topological polar surface area (TPSA) is 151 Å². The summed E-state index contributed by atoms with van der Waals surface area (Å²) in [4.78, 5) is 39.5. The Kier molecular flexibility index (Phi) is 9.23. The van der Waals surface area contributed by atoms with Crippen molar-refractivity contribution in [1.29, 1.82) is 0 Å². The van der Waals surface area contributed by atoms with Crippen molar-refractivity contribution in [3.63, 3.8) is 0 Å². The molecule has 12 nitrogen and oxygen atoms in total. The second-order valence-electron chi connectivity index (χ2n) is 9.31. The lowest BCUT2D eigenvalue weighted by molar-refractivity contribution is 0.127. The molecule has 3 aromatic heterocycles. The van der Waals surface area contributed by atoms with Crippen molar-refractivity contribution in [1.82, 2.24) is 25.2 Å². The van der Waals surface area contributed by atoms with E-state index in [9.17, 15) is 14.7 Å². The quantitative estimate of drug-likeness (QED) is 0.307. The van der Waals surface area contributed by atoms with Crippen molar-refractivity contribution in [2.75, 3.05) is 57.6 Å². The van der Waals surface area contributed by atoms with E-state index in [4.69, 9.17) is 4.74 Å². The van der Waals surface area contributed by atoms with Gasteiger partial charge in [0.15, 0.2) is 0 Å². The Morgan fingerprint density at radius 1 is 1.13 bits per heavy atom. The maximum atomic E-state index is 12.5. The largest absolute Gasteiger partial charge is 0.475 e. The Hall–Kier alpha value is -4.29. The highest BCUT2D eigenvalue weighted by Gasteiger charge is 2.22. The summed E-state index contributed by atoms with van der Waals surface area (Å²) < 4.78 is 10.3. The Morgan fingerprint density at radius 3 is 2.69 bits per heavy atom. The zero-order chi connectivity index (χ0) is 27.8. The number of aliphatic hydroxyl groups excluding tert-OH is 1. The zero-order valence-electron chi connectivity index (χ0n) is 22.2. The Bertz CT molecular complexity index is 1310. The van der Waals surface area contributed by atoms with Crippen LogP contribution in [0.25, 0.3) is 22.4 Å². The van der Waals surface area contributed by atoms with Crippen LogP contribution in [0, 0.1) is 12.8 Å². The van der Waals surface area contributed by atoms with Gasteiger partial charge >= 0.3 is 12.1 Å². The summed E-state index contributed by atoms with van der Waals surface area (Å²) in [5.41, 5.74) is 4.02. The molecule has 0 saturated carbocycles. The molecule has 0 radical (unpaired) electrons. The zero-order valence-corrected chi connectivity index (χ0v) is 22.2. The summed E-state index contributed by atoms with van der Waals surface area (Å²) in [7, 11) is 3.36. The summed E-state index contributed by atoms with van der Waals surface area (Å²) in [6.45, 7) is 4.50. The SMILES string of the molecule is COC(=O)Nc1cc(-c2cc(-c3cc(NC(=O)NCCC4CN(C)C4)cnc3C)cc(OCCO)n2)ccn1. The van der Waals surface area contributed by atoms with Crippen LogP contribution in [-0.4, -0.2) is 84.1 Å². The number of nitrogens with one attached hydrogen (secondary N) is 3. The fourth-order valence-corrected chi connectivity index (χ4v) is 4.32. The van der Waals surface area contributed by atoms with Gasteiger partial charge < -0.3 is 30.1 Å². The maximum Gasteiger partial charge on any atom is 0.412 e. The number of pyridine rings is 3. The van der Waals surface area contributed by atoms with Crippen LogP contribution in [0.15, 0.2) is 42.7 Å². The van der Waals surface area contributed by atoms with Crippen LogP contribution in [0.5, 0.6) is 5.88 Å². The molecule has 3 amide bonds. The smallest absolute Gasteiger partial charge is 0.412 e. The van der Waals surface area contributed by atoms with E-state index in [0.29, 0.717) is 41.1 Å². The summed E-state index contributed by atoms with van der Waals surface area (Å²) >= 11 is 0. The molecule has 0 aromatic carbocycles. The van der Waals surface area contributed by atoms with Gasteiger partial charge in [0.2, 0.25) is 5.88 Å². The first-order chi connectivity index (χ1) is 18.8. The number of likely N-dealkylation sites (tertiary alicyclic amines) is 1. The van der Waals surface area contributed by atoms with Crippen molar-refractivity contribution in [2.45, 2.75) is 13.3 Å². The molecule has 0 aliphatic carbocycles. The van der Waals surface area contributed by atoms with Crippen molar-refractivity contribution in [3.8, 4) is 28.3 Å². The van der Waals surface area contributed by atoms with E-state index >= 15 is 0 Å². The number of rotatable bonds is 10. The van der Waals surface area contributed by atoms with E-state index in [-0.39, 0.29) is 19.2 Å². The van der Waals surface area contributed by atoms with E-state index in [1.165, 1.54) is 7.11 Å². The highest BCUT2D eigenvalue weighted by atomic mass is 16.5. The Labute approximate surface area is 226 Å². The van der Waals surface area contributed by atoms with E-state index in [2.05, 4.69) is 47.6 Å². The number of carbonyl (C=O) groups excluding carboxylic acids is 2. The number of amides is 3. The number of ether oxygens (including phenoxy) is 2. The van der Waals surface area contributed by atoms with Gasteiger partial charge in [0.1, 0.15) is 12.4 Å². The number of aryl methyl sites for hydroxylation is 1. The molecule has 206 valence electrons. The van der Waals surface area contributed by atoms with Crippen LogP contribution < -0.4 is 20.7 Å². The minimum absolute atomic E-state index is 0.0670. The molecular weight excluding hydrogens is 502 g/mol. The van der Waals surface area contributed by atoms with Crippen molar-refractivity contribution in [2.24, 2.45) is 5.92 Å². The van der Waals surface area contributed by atoms with Crippen molar-refractivity contribution in [3.05, 3.63) is 48.4 Å². The van der Waals surface area contributed by atoms with Crippen molar-refractivity contribution < 1.29 is 24.2 Å². The molecule has 0 spiro atoms. The number of hydrogen-bond donors (Lipinski definition) is 4. The normalized spacial score (nSPS) is 13.3. The standard InChI is InChI=1S/C27H33N7O5/c1-17-22(13-21(14-30-17)31-26(36)29-6-4-18-15-34(2)16-18)20-10-23(32-25(12-20)39-9-8-35)19-5-7-28-24(11-19)33-27(37)38-3/h5,7,10-14,18,35H,4,6,8-9,15-16H2,1-3H3,(H,28,33,37)(H2,29,31,36).